The molecule has 0 bridgehead atoms. The van der Waals surface area contributed by atoms with Crippen LogP contribution < -0.4 is 5.32 Å². The minimum atomic E-state index is -0.246. The molecule has 0 spiro atoms. The third-order valence-electron chi connectivity index (χ3n) is 4.12. The predicted molar refractivity (Wildman–Crippen MR) is 82.8 cm³/mol. The van der Waals surface area contributed by atoms with Gasteiger partial charge in [0.25, 0.3) is 0 Å². The number of hydrogen-bond donors (Lipinski definition) is 1. The number of carbonyl (C=O) groups is 1. The molecule has 1 aliphatic carbocycles. The van der Waals surface area contributed by atoms with Crippen molar-refractivity contribution in [3.05, 3.63) is 11.6 Å². The van der Waals surface area contributed by atoms with Crippen LogP contribution in [0.15, 0.2) is 11.6 Å². The van der Waals surface area contributed by atoms with Crippen molar-refractivity contribution in [2.24, 2.45) is 0 Å². The number of ether oxygens (including phenoxy) is 1. The Labute approximate surface area is 123 Å². The molecule has 1 N–H and O–H groups in total. The van der Waals surface area contributed by atoms with Crippen molar-refractivity contribution >= 4 is 5.97 Å². The normalized spacial score (nSPS) is 17.5. The van der Waals surface area contributed by atoms with Crippen LogP contribution in [0.1, 0.15) is 45.4 Å². The van der Waals surface area contributed by atoms with Crippen LogP contribution in [0.4, 0.5) is 0 Å². The number of esters is 1. The van der Waals surface area contributed by atoms with E-state index >= 15 is 0 Å². The number of nitrogens with zero attached hydrogens (tertiary/aromatic N) is 1. The molecule has 0 unspecified atom stereocenters. The zero-order chi connectivity index (χ0) is 14.8. The topological polar surface area (TPSA) is 41.6 Å². The van der Waals surface area contributed by atoms with Gasteiger partial charge in [-0.15, -0.1) is 0 Å². The third kappa shape index (κ3) is 6.53. The molecule has 1 aliphatic rings. The smallest absolute Gasteiger partial charge is 0.333 e. The highest BCUT2D eigenvalue weighted by molar-refractivity contribution is 5.87. The van der Waals surface area contributed by atoms with Gasteiger partial charge in [-0.2, -0.15) is 0 Å². The maximum atomic E-state index is 11.2. The van der Waals surface area contributed by atoms with Gasteiger partial charge in [-0.25, -0.2) is 4.79 Å². The van der Waals surface area contributed by atoms with E-state index in [1.165, 1.54) is 39.2 Å². The standard InChI is InChI=1S/C16H30N2O2/c1-14(16(19)20-3)10-12-17-11-7-13-18(2)15-8-5-4-6-9-15/h10,15,17H,4-9,11-13H2,1-3H3. The van der Waals surface area contributed by atoms with Crippen LogP contribution in [-0.2, 0) is 9.53 Å². The van der Waals surface area contributed by atoms with Gasteiger partial charge in [0.1, 0.15) is 0 Å². The molecule has 4 heteroatoms. The molecule has 4 nitrogen and oxygen atoms in total. The van der Waals surface area contributed by atoms with Crippen molar-refractivity contribution in [1.82, 2.24) is 10.2 Å². The molecule has 0 heterocycles. The van der Waals surface area contributed by atoms with Crippen LogP contribution >= 0.6 is 0 Å². The van der Waals surface area contributed by atoms with E-state index < -0.39 is 0 Å². The Morgan fingerprint density at radius 1 is 1.35 bits per heavy atom. The second kappa shape index (κ2) is 9.94. The van der Waals surface area contributed by atoms with Crippen LogP contribution in [0, 0.1) is 0 Å². The van der Waals surface area contributed by atoms with Gasteiger partial charge in [0, 0.05) is 18.2 Å². The minimum Gasteiger partial charge on any atom is -0.466 e. The SMILES string of the molecule is COC(=O)C(C)=CCNCCCN(C)C1CCCCC1. The van der Waals surface area contributed by atoms with Gasteiger partial charge >= 0.3 is 5.97 Å². The molecule has 0 aliphatic heterocycles. The summed E-state index contributed by atoms with van der Waals surface area (Å²) in [6.45, 7) is 4.65. The number of hydrogen-bond acceptors (Lipinski definition) is 4. The fourth-order valence-electron chi connectivity index (χ4n) is 2.73. The van der Waals surface area contributed by atoms with E-state index in [2.05, 4.69) is 22.0 Å². The fraction of sp³-hybridized carbons (Fsp3) is 0.812. The lowest BCUT2D eigenvalue weighted by molar-refractivity contribution is -0.136. The van der Waals surface area contributed by atoms with E-state index in [1.807, 2.05) is 6.08 Å². The summed E-state index contributed by atoms with van der Waals surface area (Å²) in [6.07, 6.45) is 9.97. The zero-order valence-corrected chi connectivity index (χ0v) is 13.3. The first-order valence-corrected chi connectivity index (χ1v) is 7.81. The highest BCUT2D eigenvalue weighted by Crippen LogP contribution is 2.21. The van der Waals surface area contributed by atoms with E-state index in [-0.39, 0.29) is 5.97 Å². The Kier molecular flexibility index (Phi) is 8.54. The zero-order valence-electron chi connectivity index (χ0n) is 13.3. The van der Waals surface area contributed by atoms with E-state index in [4.69, 9.17) is 0 Å². The molecular weight excluding hydrogens is 252 g/mol. The summed E-state index contributed by atoms with van der Waals surface area (Å²) >= 11 is 0. The van der Waals surface area contributed by atoms with Gasteiger partial charge in [0.15, 0.2) is 0 Å². The lowest BCUT2D eigenvalue weighted by atomic mass is 9.94. The van der Waals surface area contributed by atoms with Gasteiger partial charge in [0.2, 0.25) is 0 Å². The van der Waals surface area contributed by atoms with Crippen LogP contribution in [0.3, 0.4) is 0 Å². The van der Waals surface area contributed by atoms with Gasteiger partial charge in [-0.3, -0.25) is 0 Å². The largest absolute Gasteiger partial charge is 0.466 e. The molecule has 20 heavy (non-hydrogen) atoms. The molecule has 0 aromatic carbocycles. The molecule has 0 radical (unpaired) electrons. The molecule has 0 amide bonds. The maximum Gasteiger partial charge on any atom is 0.333 e. The molecule has 116 valence electrons. The molecular formula is C16H30N2O2. The molecule has 0 saturated heterocycles. The number of carbonyl (C=O) groups excluding carboxylic acids is 1. The Bertz CT molecular complexity index is 310. The molecule has 1 saturated carbocycles. The van der Waals surface area contributed by atoms with Crippen molar-refractivity contribution < 1.29 is 9.53 Å². The Morgan fingerprint density at radius 3 is 2.70 bits per heavy atom. The number of nitrogens with one attached hydrogen (secondary N) is 1. The van der Waals surface area contributed by atoms with Crippen LogP contribution in [0.2, 0.25) is 0 Å². The van der Waals surface area contributed by atoms with Crippen LogP contribution in [-0.4, -0.2) is 50.7 Å². The minimum absolute atomic E-state index is 0.246. The van der Waals surface area contributed by atoms with Crippen LogP contribution in [0.5, 0.6) is 0 Å². The molecule has 0 atom stereocenters. The fourth-order valence-corrected chi connectivity index (χ4v) is 2.73. The Morgan fingerprint density at radius 2 is 2.05 bits per heavy atom. The summed E-state index contributed by atoms with van der Waals surface area (Å²) in [7, 11) is 3.66. The first kappa shape index (κ1) is 17.2. The Balaban J connectivity index is 2.05. The Hall–Kier alpha value is -0.870. The van der Waals surface area contributed by atoms with Gasteiger partial charge in [0.05, 0.1) is 7.11 Å². The van der Waals surface area contributed by atoms with Crippen molar-refractivity contribution in [1.29, 1.82) is 0 Å². The predicted octanol–water partition coefficient (Wildman–Crippen LogP) is 2.35. The van der Waals surface area contributed by atoms with Gasteiger partial charge in [-0.05, 0) is 46.3 Å². The maximum absolute atomic E-state index is 11.2. The van der Waals surface area contributed by atoms with Gasteiger partial charge in [-0.1, -0.05) is 25.3 Å². The second-order valence-corrected chi connectivity index (χ2v) is 5.71. The molecule has 1 fully saturated rings. The van der Waals surface area contributed by atoms with Crippen molar-refractivity contribution in [3.63, 3.8) is 0 Å². The van der Waals surface area contributed by atoms with E-state index in [1.54, 1.807) is 6.92 Å². The summed E-state index contributed by atoms with van der Waals surface area (Å²) < 4.78 is 4.65. The third-order valence-corrected chi connectivity index (χ3v) is 4.12. The quantitative estimate of drug-likeness (QED) is 0.421. The highest BCUT2D eigenvalue weighted by atomic mass is 16.5. The van der Waals surface area contributed by atoms with Crippen LogP contribution in [0.25, 0.3) is 0 Å². The van der Waals surface area contributed by atoms with E-state index in [9.17, 15) is 4.79 Å². The highest BCUT2D eigenvalue weighted by Gasteiger charge is 2.16. The summed E-state index contributed by atoms with van der Waals surface area (Å²) in [5.41, 5.74) is 0.666. The first-order valence-electron chi connectivity index (χ1n) is 7.81. The molecule has 0 aromatic heterocycles. The number of rotatable bonds is 8. The first-order chi connectivity index (χ1) is 9.65. The average molecular weight is 282 g/mol. The molecule has 1 rings (SSSR count). The molecule has 0 aromatic rings. The van der Waals surface area contributed by atoms with Crippen molar-refractivity contribution in [3.8, 4) is 0 Å². The lowest BCUT2D eigenvalue weighted by Crippen LogP contribution is -2.35. The summed E-state index contributed by atoms with van der Waals surface area (Å²) in [4.78, 5) is 13.7. The number of methoxy groups -OCH3 is 1. The second-order valence-electron chi connectivity index (χ2n) is 5.71. The van der Waals surface area contributed by atoms with Crippen molar-refractivity contribution in [2.75, 3.05) is 33.8 Å². The monoisotopic (exact) mass is 282 g/mol. The van der Waals surface area contributed by atoms with Crippen molar-refractivity contribution in [2.45, 2.75) is 51.5 Å². The van der Waals surface area contributed by atoms with E-state index in [0.29, 0.717) is 5.57 Å². The van der Waals surface area contributed by atoms with Gasteiger partial charge < -0.3 is 15.0 Å². The summed E-state index contributed by atoms with van der Waals surface area (Å²) in [6, 6.07) is 0.796. The summed E-state index contributed by atoms with van der Waals surface area (Å²) in [5.74, 6) is -0.246. The van der Waals surface area contributed by atoms with E-state index in [0.717, 1.165) is 32.1 Å². The lowest BCUT2D eigenvalue weighted by Gasteiger charge is -2.31. The summed E-state index contributed by atoms with van der Waals surface area (Å²) in [5, 5.41) is 3.34. The average Bonchev–Trinajstić information content (AvgIpc) is 2.50.